The third-order valence-electron chi connectivity index (χ3n) is 5.23. The number of aromatic amines is 1. The van der Waals surface area contributed by atoms with Gasteiger partial charge in [0.2, 0.25) is 0 Å². The first kappa shape index (κ1) is 14.0. The maximum Gasteiger partial charge on any atom is 0.264 e. The lowest BCUT2D eigenvalue weighted by Gasteiger charge is -2.43. The number of carbonyl (C=O) groups is 1. The molecule has 1 spiro atoms. The monoisotopic (exact) mass is 338 g/mol. The molecule has 5 rings (SSSR count). The summed E-state index contributed by atoms with van der Waals surface area (Å²) in [6, 6.07) is 8.05. The van der Waals surface area contributed by atoms with E-state index in [2.05, 4.69) is 31.9 Å². The molecule has 3 aromatic rings. The maximum atomic E-state index is 12.8. The molecule has 0 atom stereocenters. The molecule has 4 heterocycles. The minimum absolute atomic E-state index is 0.0191. The summed E-state index contributed by atoms with van der Waals surface area (Å²) in [4.78, 5) is 25.8. The molecule has 1 amide bonds. The van der Waals surface area contributed by atoms with E-state index in [1.54, 1.807) is 0 Å². The number of thiophene rings is 1. The Balaban J connectivity index is 1.44. The van der Waals surface area contributed by atoms with Crippen molar-refractivity contribution in [3.63, 3.8) is 0 Å². The average Bonchev–Trinajstić information content (AvgIpc) is 3.07. The maximum absolute atomic E-state index is 12.8. The van der Waals surface area contributed by atoms with Gasteiger partial charge in [-0.1, -0.05) is 6.07 Å². The number of amides is 1. The summed E-state index contributed by atoms with van der Waals surface area (Å²) in [5, 5.41) is 3.13. The third-order valence-corrected chi connectivity index (χ3v) is 6.09. The molecular weight excluding hydrogens is 320 g/mol. The molecule has 1 saturated heterocycles. The Labute approximate surface area is 143 Å². The molecule has 2 aliphatic rings. The van der Waals surface area contributed by atoms with Crippen LogP contribution >= 0.6 is 11.3 Å². The average molecular weight is 338 g/mol. The van der Waals surface area contributed by atoms with Gasteiger partial charge in [-0.2, -0.15) is 0 Å². The van der Waals surface area contributed by atoms with Gasteiger partial charge in [0, 0.05) is 43.1 Å². The lowest BCUT2D eigenvalue weighted by Crippen LogP contribution is -2.57. The minimum atomic E-state index is 0.0191. The van der Waals surface area contributed by atoms with Gasteiger partial charge in [0.25, 0.3) is 5.91 Å². The number of pyridine rings is 1. The number of fused-ring (bicyclic) bond motifs is 1. The van der Waals surface area contributed by atoms with Crippen molar-refractivity contribution >= 4 is 34.0 Å². The van der Waals surface area contributed by atoms with Crippen molar-refractivity contribution in [3.05, 3.63) is 46.9 Å². The largest absolute Gasteiger partial charge is 0.367 e. The van der Waals surface area contributed by atoms with Crippen LogP contribution in [0, 0.1) is 0 Å². The second-order valence-electron chi connectivity index (χ2n) is 6.65. The van der Waals surface area contributed by atoms with Gasteiger partial charge in [0.1, 0.15) is 5.65 Å². The smallest absolute Gasteiger partial charge is 0.264 e. The van der Waals surface area contributed by atoms with E-state index in [0.29, 0.717) is 0 Å². The molecule has 0 bridgehead atoms. The van der Waals surface area contributed by atoms with E-state index < -0.39 is 0 Å². The molecule has 2 fully saturated rings. The van der Waals surface area contributed by atoms with Crippen molar-refractivity contribution in [1.29, 1.82) is 0 Å². The highest BCUT2D eigenvalue weighted by molar-refractivity contribution is 7.12. The molecule has 3 aromatic heterocycles. The van der Waals surface area contributed by atoms with Crippen LogP contribution in [0.1, 0.15) is 22.5 Å². The van der Waals surface area contributed by atoms with E-state index in [9.17, 15) is 4.79 Å². The number of hydrogen-bond acceptors (Lipinski definition) is 4. The molecule has 0 aromatic carbocycles. The Morgan fingerprint density at radius 2 is 2.17 bits per heavy atom. The second kappa shape index (κ2) is 5.08. The summed E-state index contributed by atoms with van der Waals surface area (Å²) in [7, 11) is 0. The van der Waals surface area contributed by atoms with Crippen molar-refractivity contribution < 1.29 is 4.79 Å². The standard InChI is InChI=1S/C18H18N4OS/c23-17(15-2-1-11-24-15)22-10-9-21(12-18(22)5-6-18)14-4-8-20-16-13(14)3-7-19-16/h1-4,7-8,11H,5-6,9-10,12H2,(H,19,20). The number of anilines is 1. The first-order chi connectivity index (χ1) is 11.8. The summed E-state index contributed by atoms with van der Waals surface area (Å²) in [5.74, 6) is 0.198. The van der Waals surface area contributed by atoms with E-state index in [1.165, 1.54) is 17.0 Å². The zero-order chi connectivity index (χ0) is 16.1. The fraction of sp³-hybridized carbons (Fsp3) is 0.333. The lowest BCUT2D eigenvalue weighted by atomic mass is 10.1. The van der Waals surface area contributed by atoms with Crippen LogP contribution in [0.25, 0.3) is 11.0 Å². The number of rotatable bonds is 2. The SMILES string of the molecule is O=C(c1cccs1)N1CCN(c2ccnc3[nH]ccc23)CC12CC2. The molecule has 1 aliphatic carbocycles. The molecule has 1 aliphatic heterocycles. The number of carbonyl (C=O) groups excluding carboxylic acids is 1. The van der Waals surface area contributed by atoms with Gasteiger partial charge in [0.05, 0.1) is 10.4 Å². The number of aromatic nitrogens is 2. The summed E-state index contributed by atoms with van der Waals surface area (Å²) in [5.41, 5.74) is 2.16. The minimum Gasteiger partial charge on any atom is -0.367 e. The quantitative estimate of drug-likeness (QED) is 0.781. The van der Waals surface area contributed by atoms with Gasteiger partial charge >= 0.3 is 0 Å². The third kappa shape index (κ3) is 2.06. The summed E-state index contributed by atoms with van der Waals surface area (Å²) >= 11 is 1.54. The Morgan fingerprint density at radius 3 is 2.96 bits per heavy atom. The Morgan fingerprint density at radius 1 is 1.25 bits per heavy atom. The summed E-state index contributed by atoms with van der Waals surface area (Å²) in [6.07, 6.45) is 5.99. The zero-order valence-corrected chi connectivity index (χ0v) is 14.1. The van der Waals surface area contributed by atoms with Crippen LogP contribution in [0.2, 0.25) is 0 Å². The summed E-state index contributed by atoms with van der Waals surface area (Å²) < 4.78 is 0. The van der Waals surface area contributed by atoms with Crippen molar-refractivity contribution in [3.8, 4) is 0 Å². The molecule has 122 valence electrons. The van der Waals surface area contributed by atoms with Gasteiger partial charge in [-0.15, -0.1) is 11.3 Å². The molecule has 24 heavy (non-hydrogen) atoms. The summed E-state index contributed by atoms with van der Waals surface area (Å²) in [6.45, 7) is 2.56. The fourth-order valence-electron chi connectivity index (χ4n) is 3.83. The lowest BCUT2D eigenvalue weighted by molar-refractivity contribution is 0.0630. The first-order valence-corrected chi connectivity index (χ1v) is 9.17. The van der Waals surface area contributed by atoms with Crippen LogP contribution in [-0.2, 0) is 0 Å². The highest BCUT2D eigenvalue weighted by atomic mass is 32.1. The number of nitrogens with one attached hydrogen (secondary N) is 1. The van der Waals surface area contributed by atoms with Crippen molar-refractivity contribution in [2.24, 2.45) is 0 Å². The highest BCUT2D eigenvalue weighted by Gasteiger charge is 2.53. The predicted octanol–water partition coefficient (Wildman–Crippen LogP) is 3.12. The fourth-order valence-corrected chi connectivity index (χ4v) is 4.50. The molecular formula is C18H18N4OS. The first-order valence-electron chi connectivity index (χ1n) is 8.29. The Hall–Kier alpha value is -2.34. The zero-order valence-electron chi connectivity index (χ0n) is 13.2. The molecule has 0 radical (unpaired) electrons. The molecule has 6 heteroatoms. The molecule has 1 saturated carbocycles. The van der Waals surface area contributed by atoms with Crippen LogP contribution in [0.5, 0.6) is 0 Å². The van der Waals surface area contributed by atoms with Crippen LogP contribution in [0.15, 0.2) is 42.0 Å². The van der Waals surface area contributed by atoms with Crippen LogP contribution in [0.4, 0.5) is 5.69 Å². The molecule has 0 unspecified atom stereocenters. The van der Waals surface area contributed by atoms with Gasteiger partial charge in [-0.05, 0) is 36.4 Å². The van der Waals surface area contributed by atoms with Crippen molar-refractivity contribution in [2.45, 2.75) is 18.4 Å². The van der Waals surface area contributed by atoms with Crippen LogP contribution in [-0.4, -0.2) is 45.9 Å². The van der Waals surface area contributed by atoms with Gasteiger partial charge in [0.15, 0.2) is 0 Å². The molecule has 5 nitrogen and oxygen atoms in total. The van der Waals surface area contributed by atoms with E-state index in [-0.39, 0.29) is 11.4 Å². The van der Waals surface area contributed by atoms with Crippen molar-refractivity contribution in [1.82, 2.24) is 14.9 Å². The highest BCUT2D eigenvalue weighted by Crippen LogP contribution is 2.46. The topological polar surface area (TPSA) is 52.2 Å². The number of hydrogen-bond donors (Lipinski definition) is 1. The second-order valence-corrected chi connectivity index (χ2v) is 7.60. The van der Waals surface area contributed by atoms with Crippen molar-refractivity contribution in [2.75, 3.05) is 24.5 Å². The number of nitrogens with zero attached hydrogens (tertiary/aromatic N) is 3. The van der Waals surface area contributed by atoms with E-state index >= 15 is 0 Å². The van der Waals surface area contributed by atoms with E-state index in [1.807, 2.05) is 29.9 Å². The normalized spacial score (nSPS) is 19.2. The van der Waals surface area contributed by atoms with E-state index in [4.69, 9.17) is 0 Å². The molecule has 1 N–H and O–H groups in total. The predicted molar refractivity (Wildman–Crippen MR) is 95.6 cm³/mol. The van der Waals surface area contributed by atoms with E-state index in [0.717, 1.165) is 48.4 Å². The number of H-pyrrole nitrogens is 1. The van der Waals surface area contributed by atoms with Gasteiger partial charge < -0.3 is 14.8 Å². The van der Waals surface area contributed by atoms with Crippen LogP contribution in [0.3, 0.4) is 0 Å². The van der Waals surface area contributed by atoms with Gasteiger partial charge in [-0.25, -0.2) is 4.98 Å². The van der Waals surface area contributed by atoms with Gasteiger partial charge in [-0.3, -0.25) is 4.79 Å². The number of piperazine rings is 1. The van der Waals surface area contributed by atoms with Crippen LogP contribution < -0.4 is 4.90 Å². The Bertz CT molecular complexity index is 897. The Kier molecular flexibility index (Phi) is 2.97.